The van der Waals surface area contributed by atoms with Crippen molar-refractivity contribution in [3.63, 3.8) is 0 Å². The zero-order chi connectivity index (χ0) is 11.4. The molecule has 0 radical (unpaired) electrons. The maximum absolute atomic E-state index is 13.2. The molecule has 0 aliphatic rings. The normalized spacial score (nSPS) is 10.5. The van der Waals surface area contributed by atoms with Crippen LogP contribution in [0.1, 0.15) is 24.2 Å². The van der Waals surface area contributed by atoms with E-state index in [4.69, 9.17) is 4.74 Å². The number of hydrogen-bond donors (Lipinski definition) is 0. The molecule has 1 aromatic rings. The molecule has 15 heavy (non-hydrogen) atoms. The van der Waals surface area contributed by atoms with Gasteiger partial charge in [0.05, 0.1) is 6.61 Å². The Morgan fingerprint density at radius 1 is 1.40 bits per heavy atom. The number of carbonyl (C=O) groups is 1. The molecule has 0 aliphatic carbocycles. The lowest BCUT2D eigenvalue weighted by Crippen LogP contribution is -2.07. The molecule has 0 saturated heterocycles. The Balaban J connectivity index is 2.94. The van der Waals surface area contributed by atoms with Crippen LogP contribution >= 0.6 is 0 Å². The summed E-state index contributed by atoms with van der Waals surface area (Å²) >= 11 is 0. The van der Waals surface area contributed by atoms with Gasteiger partial charge in [0.25, 0.3) is 0 Å². The van der Waals surface area contributed by atoms with Crippen molar-refractivity contribution >= 4 is 6.29 Å². The van der Waals surface area contributed by atoms with Crippen molar-refractivity contribution in [3.8, 4) is 5.75 Å². The molecule has 0 amide bonds. The number of aldehydes is 1. The first-order valence-electron chi connectivity index (χ1n) is 4.61. The van der Waals surface area contributed by atoms with Gasteiger partial charge in [-0.15, -0.1) is 0 Å². The molecule has 0 aromatic heterocycles. The maximum Gasteiger partial charge on any atom is 0.200 e. The van der Waals surface area contributed by atoms with Crippen LogP contribution in [0.3, 0.4) is 0 Å². The van der Waals surface area contributed by atoms with Crippen molar-refractivity contribution in [1.29, 1.82) is 0 Å². The van der Waals surface area contributed by atoms with Crippen LogP contribution in [0.4, 0.5) is 8.78 Å². The van der Waals surface area contributed by atoms with Gasteiger partial charge >= 0.3 is 0 Å². The Kier molecular flexibility index (Phi) is 3.77. The van der Waals surface area contributed by atoms with E-state index < -0.39 is 11.6 Å². The number of rotatable bonds is 4. The van der Waals surface area contributed by atoms with E-state index >= 15 is 0 Å². The number of benzene rings is 1. The summed E-state index contributed by atoms with van der Waals surface area (Å²) in [6.07, 6.45) is 0.449. The molecule has 0 aliphatic heterocycles. The molecule has 0 N–H and O–H groups in total. The number of hydrogen-bond acceptors (Lipinski definition) is 2. The summed E-state index contributed by atoms with van der Waals surface area (Å²) in [5.41, 5.74) is 0.0626. The van der Waals surface area contributed by atoms with E-state index in [0.29, 0.717) is 6.29 Å². The van der Waals surface area contributed by atoms with Gasteiger partial charge in [-0.05, 0) is 18.1 Å². The summed E-state index contributed by atoms with van der Waals surface area (Å²) in [7, 11) is 0. The largest absolute Gasteiger partial charge is 0.490 e. The second kappa shape index (κ2) is 4.87. The molecule has 1 aromatic carbocycles. The summed E-state index contributed by atoms with van der Waals surface area (Å²) in [6.45, 7) is 4.05. The lowest BCUT2D eigenvalue weighted by atomic mass is 10.2. The topological polar surface area (TPSA) is 26.3 Å². The Hall–Kier alpha value is -1.45. The van der Waals surface area contributed by atoms with Crippen LogP contribution in [-0.2, 0) is 0 Å². The van der Waals surface area contributed by atoms with E-state index in [2.05, 4.69) is 0 Å². The van der Waals surface area contributed by atoms with Crippen LogP contribution in [0.5, 0.6) is 5.75 Å². The van der Waals surface area contributed by atoms with E-state index in [9.17, 15) is 13.6 Å². The zero-order valence-corrected chi connectivity index (χ0v) is 8.59. The number of halogens is 2. The Bertz CT molecular complexity index is 362. The average molecular weight is 214 g/mol. The van der Waals surface area contributed by atoms with E-state index in [1.807, 2.05) is 13.8 Å². The first-order chi connectivity index (χ1) is 7.04. The number of ether oxygens (including phenoxy) is 1. The van der Waals surface area contributed by atoms with Crippen LogP contribution in [-0.4, -0.2) is 12.9 Å². The minimum absolute atomic E-state index is 0.0626. The van der Waals surface area contributed by atoms with Crippen molar-refractivity contribution in [3.05, 3.63) is 29.3 Å². The van der Waals surface area contributed by atoms with Gasteiger partial charge in [-0.1, -0.05) is 13.8 Å². The quantitative estimate of drug-likeness (QED) is 0.720. The second-order valence-electron chi connectivity index (χ2n) is 3.64. The smallest absolute Gasteiger partial charge is 0.200 e. The molecule has 0 saturated carbocycles. The third kappa shape index (κ3) is 3.01. The molecule has 0 bridgehead atoms. The first-order valence-corrected chi connectivity index (χ1v) is 4.61. The average Bonchev–Trinajstić information content (AvgIpc) is 2.19. The van der Waals surface area contributed by atoms with E-state index in [1.54, 1.807) is 0 Å². The highest BCUT2D eigenvalue weighted by atomic mass is 19.2. The van der Waals surface area contributed by atoms with Gasteiger partial charge in [0.15, 0.2) is 11.6 Å². The van der Waals surface area contributed by atoms with E-state index in [-0.39, 0.29) is 23.8 Å². The van der Waals surface area contributed by atoms with Crippen LogP contribution < -0.4 is 4.74 Å². The van der Waals surface area contributed by atoms with Crippen molar-refractivity contribution < 1.29 is 18.3 Å². The molecule has 82 valence electrons. The van der Waals surface area contributed by atoms with Gasteiger partial charge in [-0.2, -0.15) is 4.39 Å². The molecule has 4 heteroatoms. The summed E-state index contributed by atoms with van der Waals surface area (Å²) in [6, 6.07) is 2.03. The first kappa shape index (κ1) is 11.6. The molecular weight excluding hydrogens is 202 g/mol. The molecule has 2 nitrogen and oxygen atoms in total. The second-order valence-corrected chi connectivity index (χ2v) is 3.64. The SMILES string of the molecule is CC(C)COc1cc(C=O)cc(F)c1F. The van der Waals surface area contributed by atoms with Crippen LogP contribution in [0.2, 0.25) is 0 Å². The van der Waals surface area contributed by atoms with Crippen LogP contribution in [0.15, 0.2) is 12.1 Å². The van der Waals surface area contributed by atoms with Gasteiger partial charge in [0.1, 0.15) is 6.29 Å². The molecule has 0 unspecified atom stereocenters. The molecule has 0 spiro atoms. The Morgan fingerprint density at radius 2 is 2.07 bits per heavy atom. The highest BCUT2D eigenvalue weighted by Gasteiger charge is 2.12. The van der Waals surface area contributed by atoms with E-state index in [1.165, 1.54) is 6.07 Å². The van der Waals surface area contributed by atoms with Crippen LogP contribution in [0, 0.1) is 17.6 Å². The van der Waals surface area contributed by atoms with Crippen molar-refractivity contribution in [2.45, 2.75) is 13.8 Å². The Morgan fingerprint density at radius 3 is 2.60 bits per heavy atom. The standard InChI is InChI=1S/C11H12F2O2/c1-7(2)6-15-10-4-8(5-14)3-9(12)11(10)13/h3-5,7H,6H2,1-2H3. The van der Waals surface area contributed by atoms with Crippen molar-refractivity contribution in [2.24, 2.45) is 5.92 Å². The number of carbonyl (C=O) groups excluding carboxylic acids is 1. The fourth-order valence-electron chi connectivity index (χ4n) is 1.01. The third-order valence-corrected chi connectivity index (χ3v) is 1.73. The maximum atomic E-state index is 13.2. The molecule has 0 fully saturated rings. The van der Waals surface area contributed by atoms with Gasteiger partial charge in [0, 0.05) is 5.56 Å². The Labute approximate surface area is 86.9 Å². The lowest BCUT2D eigenvalue weighted by molar-refractivity contribution is 0.112. The summed E-state index contributed by atoms with van der Waals surface area (Å²) < 4.78 is 31.1. The van der Waals surface area contributed by atoms with Crippen molar-refractivity contribution in [2.75, 3.05) is 6.61 Å². The predicted octanol–water partition coefficient (Wildman–Crippen LogP) is 2.81. The zero-order valence-electron chi connectivity index (χ0n) is 8.59. The highest BCUT2D eigenvalue weighted by molar-refractivity contribution is 5.75. The van der Waals surface area contributed by atoms with Gasteiger partial charge < -0.3 is 4.74 Å². The lowest BCUT2D eigenvalue weighted by Gasteiger charge is -2.10. The summed E-state index contributed by atoms with van der Waals surface area (Å²) in [4.78, 5) is 10.4. The highest BCUT2D eigenvalue weighted by Crippen LogP contribution is 2.22. The molecular formula is C11H12F2O2. The fraction of sp³-hybridized carbons (Fsp3) is 0.364. The molecule has 0 atom stereocenters. The summed E-state index contributed by atoms with van der Waals surface area (Å²) in [5.74, 6) is -2.14. The predicted molar refractivity (Wildman–Crippen MR) is 52.1 cm³/mol. The summed E-state index contributed by atoms with van der Waals surface area (Å²) in [5, 5.41) is 0. The fourth-order valence-corrected chi connectivity index (χ4v) is 1.01. The molecule has 0 heterocycles. The third-order valence-electron chi connectivity index (χ3n) is 1.73. The van der Waals surface area contributed by atoms with Gasteiger partial charge in [-0.3, -0.25) is 4.79 Å². The van der Waals surface area contributed by atoms with Gasteiger partial charge in [0.2, 0.25) is 5.82 Å². The van der Waals surface area contributed by atoms with Crippen molar-refractivity contribution in [1.82, 2.24) is 0 Å². The monoisotopic (exact) mass is 214 g/mol. The van der Waals surface area contributed by atoms with E-state index in [0.717, 1.165) is 6.07 Å². The van der Waals surface area contributed by atoms with Crippen LogP contribution in [0.25, 0.3) is 0 Å². The van der Waals surface area contributed by atoms with Gasteiger partial charge in [-0.25, -0.2) is 4.39 Å². The minimum atomic E-state index is -1.07. The minimum Gasteiger partial charge on any atom is -0.490 e. The molecule has 1 rings (SSSR count).